The molecular formula is C17H22ClNO3S. The number of fused-ring (bicyclic) bond motifs is 1. The van der Waals surface area contributed by atoms with Gasteiger partial charge in [0, 0.05) is 22.3 Å². The lowest BCUT2D eigenvalue weighted by atomic mass is 10.0. The quantitative estimate of drug-likeness (QED) is 0.877. The Morgan fingerprint density at radius 1 is 1.52 bits per heavy atom. The highest BCUT2D eigenvalue weighted by molar-refractivity contribution is 7.99. The van der Waals surface area contributed by atoms with Crippen LogP contribution in [-0.2, 0) is 14.3 Å². The van der Waals surface area contributed by atoms with E-state index in [2.05, 4.69) is 5.32 Å². The fourth-order valence-electron chi connectivity index (χ4n) is 2.91. The Labute approximate surface area is 146 Å². The zero-order valence-corrected chi connectivity index (χ0v) is 14.8. The van der Waals surface area contributed by atoms with Crippen LogP contribution in [0.4, 0.5) is 0 Å². The predicted molar refractivity (Wildman–Crippen MR) is 92.1 cm³/mol. The van der Waals surface area contributed by atoms with Crippen molar-refractivity contribution < 1.29 is 14.3 Å². The molecule has 0 saturated carbocycles. The molecule has 126 valence electrons. The topological polar surface area (TPSA) is 47.6 Å². The van der Waals surface area contributed by atoms with E-state index >= 15 is 0 Å². The first-order valence-corrected chi connectivity index (χ1v) is 9.45. The van der Waals surface area contributed by atoms with E-state index in [1.165, 1.54) is 4.90 Å². The summed E-state index contributed by atoms with van der Waals surface area (Å²) in [6, 6.07) is 5.88. The number of carbonyl (C=O) groups excluding carboxylic acids is 1. The number of rotatable bonds is 5. The van der Waals surface area contributed by atoms with E-state index in [4.69, 9.17) is 21.1 Å². The monoisotopic (exact) mass is 355 g/mol. The minimum Gasteiger partial charge on any atom is -0.376 e. The molecule has 0 aliphatic carbocycles. The van der Waals surface area contributed by atoms with E-state index in [0.717, 1.165) is 37.2 Å². The summed E-state index contributed by atoms with van der Waals surface area (Å²) < 4.78 is 11.2. The second-order valence-corrected chi connectivity index (χ2v) is 7.56. The molecule has 0 aromatic heterocycles. The summed E-state index contributed by atoms with van der Waals surface area (Å²) in [6.07, 6.45) is 2.65. The van der Waals surface area contributed by atoms with Gasteiger partial charge in [0.25, 0.3) is 0 Å². The molecule has 1 saturated heterocycles. The van der Waals surface area contributed by atoms with Crippen LogP contribution in [0.3, 0.4) is 0 Å². The third kappa shape index (κ3) is 4.41. The maximum Gasteiger partial charge on any atom is 0.249 e. The van der Waals surface area contributed by atoms with Crippen LogP contribution in [0.15, 0.2) is 23.1 Å². The molecule has 23 heavy (non-hydrogen) atoms. The highest BCUT2D eigenvalue weighted by Crippen LogP contribution is 2.37. The number of hydrogen-bond donors (Lipinski definition) is 1. The second kappa shape index (κ2) is 7.88. The molecule has 2 aliphatic heterocycles. The van der Waals surface area contributed by atoms with Crippen LogP contribution in [0.2, 0.25) is 5.02 Å². The molecule has 0 bridgehead atoms. The third-order valence-corrected chi connectivity index (χ3v) is 5.61. The molecule has 1 aromatic rings. The number of thioether (sulfide) groups is 1. The van der Waals surface area contributed by atoms with E-state index in [0.29, 0.717) is 11.6 Å². The fraction of sp³-hybridized carbons (Fsp3) is 0.588. The summed E-state index contributed by atoms with van der Waals surface area (Å²) in [5, 5.41) is 3.80. The lowest BCUT2D eigenvalue weighted by Crippen LogP contribution is -2.39. The van der Waals surface area contributed by atoms with E-state index in [9.17, 15) is 4.79 Å². The maximum atomic E-state index is 12.4. The first kappa shape index (κ1) is 17.1. The first-order valence-electron chi connectivity index (χ1n) is 8.09. The molecule has 0 unspecified atom stereocenters. The SMILES string of the molecule is C[C@H](OC[C@@H]1CCCO1)C(=O)N[C@H]1CCSc2ccc(Cl)cc21. The summed E-state index contributed by atoms with van der Waals surface area (Å²) in [5.41, 5.74) is 1.11. The minimum atomic E-state index is -0.476. The van der Waals surface area contributed by atoms with Crippen molar-refractivity contribution >= 4 is 29.3 Å². The highest BCUT2D eigenvalue weighted by Gasteiger charge is 2.26. The van der Waals surface area contributed by atoms with Gasteiger partial charge in [0.15, 0.2) is 0 Å². The molecule has 0 spiro atoms. The van der Waals surface area contributed by atoms with Gasteiger partial charge in [0.05, 0.1) is 18.8 Å². The van der Waals surface area contributed by atoms with Crippen molar-refractivity contribution in [3.63, 3.8) is 0 Å². The van der Waals surface area contributed by atoms with Crippen LogP contribution in [0.1, 0.15) is 37.8 Å². The van der Waals surface area contributed by atoms with Crippen LogP contribution in [0.25, 0.3) is 0 Å². The van der Waals surface area contributed by atoms with Crippen LogP contribution in [0, 0.1) is 0 Å². The molecule has 1 amide bonds. The van der Waals surface area contributed by atoms with Gasteiger partial charge < -0.3 is 14.8 Å². The molecular weight excluding hydrogens is 334 g/mol. The van der Waals surface area contributed by atoms with Gasteiger partial charge in [-0.25, -0.2) is 0 Å². The average Bonchev–Trinajstić information content (AvgIpc) is 3.06. The zero-order chi connectivity index (χ0) is 16.2. The second-order valence-electron chi connectivity index (χ2n) is 5.99. The normalized spacial score (nSPS) is 25.0. The molecule has 6 heteroatoms. The number of ether oxygens (including phenoxy) is 2. The number of halogens is 1. The van der Waals surface area contributed by atoms with Crippen molar-refractivity contribution in [2.45, 2.75) is 49.3 Å². The molecule has 0 radical (unpaired) electrons. The van der Waals surface area contributed by atoms with E-state index in [-0.39, 0.29) is 18.1 Å². The van der Waals surface area contributed by atoms with Crippen molar-refractivity contribution in [3.8, 4) is 0 Å². The molecule has 4 nitrogen and oxygen atoms in total. The summed E-state index contributed by atoms with van der Waals surface area (Å²) in [4.78, 5) is 13.6. The largest absolute Gasteiger partial charge is 0.376 e. The Kier molecular flexibility index (Phi) is 5.85. The van der Waals surface area contributed by atoms with Gasteiger partial charge >= 0.3 is 0 Å². The molecule has 1 aromatic carbocycles. The van der Waals surface area contributed by atoms with Gasteiger partial charge in [-0.3, -0.25) is 4.79 Å². The van der Waals surface area contributed by atoms with Gasteiger partial charge in [-0.15, -0.1) is 11.8 Å². The van der Waals surface area contributed by atoms with Crippen molar-refractivity contribution in [1.82, 2.24) is 5.32 Å². The van der Waals surface area contributed by atoms with Crippen molar-refractivity contribution in [2.75, 3.05) is 19.0 Å². The Balaban J connectivity index is 1.56. The van der Waals surface area contributed by atoms with E-state index in [1.54, 1.807) is 18.7 Å². The van der Waals surface area contributed by atoms with Gasteiger partial charge in [-0.05, 0) is 49.9 Å². The van der Waals surface area contributed by atoms with Crippen LogP contribution < -0.4 is 5.32 Å². The number of carbonyl (C=O) groups is 1. The third-order valence-electron chi connectivity index (χ3n) is 4.25. The van der Waals surface area contributed by atoms with Gasteiger partial charge in [0.1, 0.15) is 6.10 Å². The molecule has 1 fully saturated rings. The van der Waals surface area contributed by atoms with Crippen LogP contribution in [-0.4, -0.2) is 37.1 Å². The average molecular weight is 356 g/mol. The van der Waals surface area contributed by atoms with Gasteiger partial charge in [-0.1, -0.05) is 11.6 Å². The first-order chi connectivity index (χ1) is 11.1. The van der Waals surface area contributed by atoms with Crippen molar-refractivity contribution in [2.24, 2.45) is 0 Å². The van der Waals surface area contributed by atoms with E-state index < -0.39 is 6.10 Å². The minimum absolute atomic E-state index is 0.00577. The summed E-state index contributed by atoms with van der Waals surface area (Å²) >= 11 is 7.91. The molecule has 2 heterocycles. The number of hydrogen-bond acceptors (Lipinski definition) is 4. The number of benzene rings is 1. The smallest absolute Gasteiger partial charge is 0.249 e. The Bertz CT molecular complexity index is 563. The fourth-order valence-corrected chi connectivity index (χ4v) is 4.19. The van der Waals surface area contributed by atoms with Crippen molar-refractivity contribution in [3.05, 3.63) is 28.8 Å². The van der Waals surface area contributed by atoms with Gasteiger partial charge in [-0.2, -0.15) is 0 Å². The lowest BCUT2D eigenvalue weighted by Gasteiger charge is -2.27. The van der Waals surface area contributed by atoms with Crippen molar-refractivity contribution in [1.29, 1.82) is 0 Å². The molecule has 3 rings (SSSR count). The zero-order valence-electron chi connectivity index (χ0n) is 13.2. The molecule has 1 N–H and O–H groups in total. The summed E-state index contributed by atoms with van der Waals surface area (Å²) in [7, 11) is 0. The summed E-state index contributed by atoms with van der Waals surface area (Å²) in [5.74, 6) is 0.913. The maximum absolute atomic E-state index is 12.4. The lowest BCUT2D eigenvalue weighted by molar-refractivity contribution is -0.134. The standard InChI is InChI=1S/C17H22ClNO3S/c1-11(22-10-13-3-2-7-21-13)17(20)19-15-6-8-23-16-5-4-12(18)9-14(15)16/h4-5,9,11,13,15H,2-3,6-8,10H2,1H3,(H,19,20)/t11-,13-,15-/m0/s1. The number of nitrogens with one attached hydrogen (secondary N) is 1. The van der Waals surface area contributed by atoms with E-state index in [1.807, 2.05) is 18.2 Å². The molecule has 3 atom stereocenters. The van der Waals surface area contributed by atoms with Crippen LogP contribution in [0.5, 0.6) is 0 Å². The number of amides is 1. The molecule has 2 aliphatic rings. The highest BCUT2D eigenvalue weighted by atomic mass is 35.5. The Morgan fingerprint density at radius 3 is 3.17 bits per heavy atom. The predicted octanol–water partition coefficient (Wildman–Crippen LogP) is 3.58. The Morgan fingerprint density at radius 2 is 2.39 bits per heavy atom. The Hall–Kier alpha value is -0.750. The van der Waals surface area contributed by atoms with Crippen LogP contribution >= 0.6 is 23.4 Å². The summed E-state index contributed by atoms with van der Waals surface area (Å²) in [6.45, 7) is 3.07. The van der Waals surface area contributed by atoms with Gasteiger partial charge in [0.2, 0.25) is 5.91 Å².